The van der Waals surface area contributed by atoms with Gasteiger partial charge in [0.05, 0.1) is 26.1 Å². The fourth-order valence-corrected chi connectivity index (χ4v) is 9.65. The van der Waals surface area contributed by atoms with E-state index in [9.17, 15) is 0 Å². The first-order chi connectivity index (χ1) is 23.2. The van der Waals surface area contributed by atoms with E-state index in [2.05, 4.69) is 176 Å². The molecular formula is C43H40N4PtSi. The molecule has 0 unspecified atom stereocenters. The number of aryl methyl sites for hydroxylation is 2. The number of nitrogens with zero attached hydrogens (tertiary/aromatic N) is 4. The minimum Gasteiger partial charge on any atom is -0.349 e. The fourth-order valence-electron chi connectivity index (χ4n) is 7.47. The Kier molecular flexibility index (Phi) is 8.63. The molecule has 5 aromatic carbocycles. The van der Waals surface area contributed by atoms with Gasteiger partial charge in [0.2, 0.25) is 0 Å². The van der Waals surface area contributed by atoms with Gasteiger partial charge in [0.15, 0.2) is 0 Å². The number of hydrogen-bond acceptors (Lipinski definition) is 3. The normalized spacial score (nSPS) is 13.0. The van der Waals surface area contributed by atoms with Gasteiger partial charge in [0.1, 0.15) is 5.82 Å². The van der Waals surface area contributed by atoms with Crippen molar-refractivity contribution in [2.45, 2.75) is 46.8 Å². The molecule has 7 aromatic rings. The van der Waals surface area contributed by atoms with Crippen molar-refractivity contribution in [2.24, 2.45) is 0 Å². The van der Waals surface area contributed by atoms with Crippen molar-refractivity contribution in [1.82, 2.24) is 9.55 Å². The Bertz CT molecular complexity index is 2320. The molecule has 0 N–H and O–H groups in total. The Morgan fingerprint density at radius 3 is 2.18 bits per heavy atom. The van der Waals surface area contributed by atoms with Crippen LogP contribution in [0.5, 0.6) is 0 Å². The third-order valence-electron chi connectivity index (χ3n) is 10.1. The van der Waals surface area contributed by atoms with E-state index >= 15 is 0 Å². The average molecular weight is 836 g/mol. The molecule has 0 amide bonds. The standard InChI is InChI=1S/C43H40N4Si.Pt/c1-29(2)45-28-46(40-20-10-9-19-39(40)45)33-15-12-16-34(26-33)48(5,6)35-21-22-37-36-17-7-8-18-38(36)47(41(37)27-35)42-25-32(23-24-44-42)43-30(3)13-11-14-31(43)4;/h7-25,29H,28H2,1-6H3;/q-2;+2. The first kappa shape index (κ1) is 33.1. The van der Waals surface area contributed by atoms with Crippen molar-refractivity contribution in [3.63, 3.8) is 0 Å². The van der Waals surface area contributed by atoms with Gasteiger partial charge in [-0.3, -0.25) is 0 Å². The summed E-state index contributed by atoms with van der Waals surface area (Å²) in [6.07, 6.45) is 1.94. The number of pyridine rings is 1. The van der Waals surface area contributed by atoms with Gasteiger partial charge in [0, 0.05) is 17.8 Å². The maximum absolute atomic E-state index is 4.95. The maximum atomic E-state index is 4.95. The van der Waals surface area contributed by atoms with Crippen molar-refractivity contribution in [3.8, 4) is 16.9 Å². The molecule has 246 valence electrons. The minimum atomic E-state index is -2.22. The summed E-state index contributed by atoms with van der Waals surface area (Å²) in [5.74, 6) is 0.908. The van der Waals surface area contributed by atoms with Crippen LogP contribution >= 0.6 is 0 Å². The molecule has 1 aliphatic heterocycles. The van der Waals surface area contributed by atoms with E-state index in [1.807, 2.05) is 6.20 Å². The van der Waals surface area contributed by atoms with Gasteiger partial charge in [0.25, 0.3) is 0 Å². The summed E-state index contributed by atoms with van der Waals surface area (Å²) in [6, 6.07) is 47.8. The van der Waals surface area contributed by atoms with Crippen LogP contribution in [0.25, 0.3) is 38.8 Å². The number of anilines is 3. The van der Waals surface area contributed by atoms with Crippen LogP contribution in [-0.2, 0) is 21.1 Å². The molecule has 0 aliphatic carbocycles. The molecule has 0 fully saturated rings. The number of benzene rings is 5. The second-order valence-corrected chi connectivity index (χ2v) is 18.2. The Balaban J connectivity index is 0.00000378. The van der Waals surface area contributed by atoms with Gasteiger partial charge in [-0.25, -0.2) is 4.98 Å². The smallest absolute Gasteiger partial charge is 0.349 e. The fraction of sp³-hybridized carbons (Fsp3) is 0.186. The maximum Gasteiger partial charge on any atom is 2.00 e. The van der Waals surface area contributed by atoms with Crippen LogP contribution in [0, 0.1) is 26.0 Å². The molecule has 8 rings (SSSR count). The second-order valence-electron chi connectivity index (χ2n) is 13.9. The summed E-state index contributed by atoms with van der Waals surface area (Å²) in [5.41, 5.74) is 10.8. The van der Waals surface area contributed by atoms with Crippen LogP contribution < -0.4 is 20.2 Å². The molecule has 0 radical (unpaired) electrons. The summed E-state index contributed by atoms with van der Waals surface area (Å²) in [7, 11) is -2.22. The zero-order valence-corrected chi connectivity index (χ0v) is 32.1. The van der Waals surface area contributed by atoms with Gasteiger partial charge in [-0.15, -0.1) is 11.5 Å². The van der Waals surface area contributed by atoms with Crippen LogP contribution in [0.4, 0.5) is 17.1 Å². The number of aromatic nitrogens is 2. The van der Waals surface area contributed by atoms with Gasteiger partial charge >= 0.3 is 21.1 Å². The van der Waals surface area contributed by atoms with Gasteiger partial charge in [-0.1, -0.05) is 72.8 Å². The summed E-state index contributed by atoms with van der Waals surface area (Å²) in [6.45, 7) is 14.6. The molecular weight excluding hydrogens is 796 g/mol. The van der Waals surface area contributed by atoms with E-state index in [0.29, 0.717) is 6.04 Å². The second kappa shape index (κ2) is 12.8. The molecule has 49 heavy (non-hydrogen) atoms. The predicted octanol–water partition coefficient (Wildman–Crippen LogP) is 9.21. The Hall–Kier alpha value is -4.44. The van der Waals surface area contributed by atoms with E-state index in [1.54, 1.807) is 0 Å². The van der Waals surface area contributed by atoms with Crippen molar-refractivity contribution in [3.05, 3.63) is 139 Å². The van der Waals surface area contributed by atoms with Gasteiger partial charge in [-0.05, 0) is 85.7 Å². The van der Waals surface area contributed by atoms with Gasteiger partial charge in [-0.2, -0.15) is 46.8 Å². The Labute approximate surface area is 305 Å². The topological polar surface area (TPSA) is 24.3 Å². The summed E-state index contributed by atoms with van der Waals surface area (Å²) < 4.78 is 2.30. The molecule has 1 aliphatic rings. The Morgan fingerprint density at radius 1 is 0.714 bits per heavy atom. The average Bonchev–Trinajstić information content (AvgIpc) is 3.65. The molecule has 0 bridgehead atoms. The molecule has 2 aromatic heterocycles. The van der Waals surface area contributed by atoms with Crippen molar-refractivity contribution < 1.29 is 21.1 Å². The predicted molar refractivity (Wildman–Crippen MR) is 205 cm³/mol. The molecule has 0 saturated heterocycles. The summed E-state index contributed by atoms with van der Waals surface area (Å²) in [5, 5.41) is 4.93. The van der Waals surface area contributed by atoms with Crippen molar-refractivity contribution in [2.75, 3.05) is 16.5 Å². The van der Waals surface area contributed by atoms with E-state index in [-0.39, 0.29) is 21.1 Å². The van der Waals surface area contributed by atoms with E-state index in [4.69, 9.17) is 4.98 Å². The SMILES string of the molecule is Cc1cccc(C)c1-c1ccnc(-n2c3[c-]c([Si](C)(C)c4[c-]c(N5CN(C(C)C)c6ccccc65)ccc4)ccc3c3ccccc32)c1.[Pt+2]. The third-order valence-corrected chi connectivity index (χ3v) is 13.4. The van der Waals surface area contributed by atoms with Crippen LogP contribution in [0.1, 0.15) is 25.0 Å². The zero-order valence-electron chi connectivity index (χ0n) is 28.9. The zero-order chi connectivity index (χ0) is 33.2. The van der Waals surface area contributed by atoms with E-state index in [0.717, 1.165) is 29.2 Å². The first-order valence-electron chi connectivity index (χ1n) is 16.9. The quantitative estimate of drug-likeness (QED) is 0.124. The molecule has 4 nitrogen and oxygen atoms in total. The van der Waals surface area contributed by atoms with Crippen molar-refractivity contribution >= 4 is 57.3 Å². The molecule has 3 heterocycles. The third kappa shape index (κ3) is 5.54. The molecule has 0 spiro atoms. The van der Waals surface area contributed by atoms with E-state index < -0.39 is 8.07 Å². The number of hydrogen-bond donors (Lipinski definition) is 0. The number of para-hydroxylation sites is 3. The Morgan fingerprint density at radius 2 is 1.41 bits per heavy atom. The monoisotopic (exact) mass is 835 g/mol. The largest absolute Gasteiger partial charge is 2.00 e. The van der Waals surface area contributed by atoms with Crippen LogP contribution in [0.15, 0.2) is 115 Å². The van der Waals surface area contributed by atoms with Crippen molar-refractivity contribution in [1.29, 1.82) is 0 Å². The van der Waals surface area contributed by atoms with Crippen LogP contribution in [0.3, 0.4) is 0 Å². The number of fused-ring (bicyclic) bond motifs is 4. The van der Waals surface area contributed by atoms with E-state index in [1.165, 1.54) is 54.8 Å². The van der Waals surface area contributed by atoms with Gasteiger partial charge < -0.3 is 14.4 Å². The summed E-state index contributed by atoms with van der Waals surface area (Å²) in [4.78, 5) is 9.81. The number of rotatable bonds is 6. The minimum absolute atomic E-state index is 0. The molecule has 0 saturated carbocycles. The molecule has 0 atom stereocenters. The first-order valence-corrected chi connectivity index (χ1v) is 19.9. The van der Waals surface area contributed by atoms with Crippen LogP contribution in [-0.4, -0.2) is 30.3 Å². The van der Waals surface area contributed by atoms with Crippen LogP contribution in [0.2, 0.25) is 13.1 Å². The summed E-state index contributed by atoms with van der Waals surface area (Å²) >= 11 is 0. The molecule has 6 heteroatoms.